The highest BCUT2D eigenvalue weighted by molar-refractivity contribution is 6.74. The normalized spacial score (nSPS) is 26.8. The molecule has 0 aromatic heterocycles. The molecule has 2 atom stereocenters. The minimum atomic E-state index is -1.82. The smallest absolute Gasteiger partial charge is 0.310 e. The van der Waals surface area contributed by atoms with E-state index in [4.69, 9.17) is 9.16 Å². The molecule has 2 aliphatic rings. The number of ether oxygens (including phenoxy) is 1. The number of hydrogen-bond acceptors (Lipinski definition) is 4. The zero-order valence-electron chi connectivity index (χ0n) is 15.6. The van der Waals surface area contributed by atoms with Gasteiger partial charge in [0.1, 0.15) is 0 Å². The Labute approximate surface area is 142 Å². The first-order valence-electron chi connectivity index (χ1n) is 8.87. The highest BCUT2D eigenvalue weighted by Crippen LogP contribution is 2.40. The summed E-state index contributed by atoms with van der Waals surface area (Å²) in [6, 6.07) is 0.137. The molecule has 1 saturated heterocycles. The van der Waals surface area contributed by atoms with Gasteiger partial charge in [-0.3, -0.25) is 9.69 Å². The van der Waals surface area contributed by atoms with Gasteiger partial charge in [0.2, 0.25) is 8.32 Å². The van der Waals surface area contributed by atoms with E-state index in [-0.39, 0.29) is 23.0 Å². The largest absolute Gasteiger partial charge is 0.547 e. The van der Waals surface area contributed by atoms with Gasteiger partial charge >= 0.3 is 5.97 Å². The Bertz CT molecular complexity index is 461. The predicted molar refractivity (Wildman–Crippen MR) is 95.7 cm³/mol. The van der Waals surface area contributed by atoms with E-state index in [1.165, 1.54) is 20.0 Å². The second-order valence-corrected chi connectivity index (χ2v) is 13.1. The number of carbonyl (C=O) groups excluding carboxylic acids is 1. The van der Waals surface area contributed by atoms with Gasteiger partial charge in [-0.25, -0.2) is 0 Å². The standard InChI is InChI=1S/C18H33NO3Si/c1-18(2,3)23(5,6)22-14-9-10-15(17(20)21-4)16(13-14)19-11-7-8-12-19/h13,15-16H,7-12H2,1-6H3/t15-,16+/m1/s1. The summed E-state index contributed by atoms with van der Waals surface area (Å²) in [5.41, 5.74) is 0. The van der Waals surface area contributed by atoms with Gasteiger partial charge < -0.3 is 9.16 Å². The number of hydrogen-bond donors (Lipinski definition) is 0. The molecule has 0 aromatic rings. The zero-order valence-corrected chi connectivity index (χ0v) is 16.6. The average molecular weight is 340 g/mol. The van der Waals surface area contributed by atoms with E-state index in [0.717, 1.165) is 31.7 Å². The molecule has 0 unspecified atom stereocenters. The second kappa shape index (κ2) is 6.97. The van der Waals surface area contributed by atoms with Crippen molar-refractivity contribution in [2.24, 2.45) is 5.92 Å². The van der Waals surface area contributed by atoms with Gasteiger partial charge in [0, 0.05) is 12.5 Å². The van der Waals surface area contributed by atoms with E-state index in [1.807, 2.05) is 0 Å². The summed E-state index contributed by atoms with van der Waals surface area (Å²) < 4.78 is 11.6. The summed E-state index contributed by atoms with van der Waals surface area (Å²) in [5, 5.41) is 0.191. The minimum Gasteiger partial charge on any atom is -0.547 e. The van der Waals surface area contributed by atoms with Crippen molar-refractivity contribution in [3.8, 4) is 0 Å². The number of rotatable bonds is 4. The molecule has 5 heteroatoms. The number of nitrogens with zero attached hydrogens (tertiary/aromatic N) is 1. The van der Waals surface area contributed by atoms with E-state index < -0.39 is 8.32 Å². The van der Waals surface area contributed by atoms with Crippen molar-refractivity contribution in [1.29, 1.82) is 0 Å². The van der Waals surface area contributed by atoms with Gasteiger partial charge in [-0.15, -0.1) is 0 Å². The monoisotopic (exact) mass is 339 g/mol. The Hall–Kier alpha value is -0.813. The molecular formula is C18H33NO3Si. The number of allylic oxidation sites excluding steroid dienone is 1. The third-order valence-corrected chi connectivity index (χ3v) is 10.1. The van der Waals surface area contributed by atoms with Crippen LogP contribution in [0.4, 0.5) is 0 Å². The Balaban J connectivity index is 2.20. The molecular weight excluding hydrogens is 306 g/mol. The van der Waals surface area contributed by atoms with Crippen LogP contribution in [0.25, 0.3) is 0 Å². The van der Waals surface area contributed by atoms with Crippen molar-refractivity contribution in [2.45, 2.75) is 70.6 Å². The second-order valence-electron chi connectivity index (χ2n) is 8.40. The Kier molecular flexibility index (Phi) is 5.62. The molecule has 4 nitrogen and oxygen atoms in total. The van der Waals surface area contributed by atoms with E-state index in [0.29, 0.717) is 0 Å². The summed E-state index contributed by atoms with van der Waals surface area (Å²) >= 11 is 0. The van der Waals surface area contributed by atoms with Crippen LogP contribution in [0, 0.1) is 5.92 Å². The lowest BCUT2D eigenvalue weighted by Gasteiger charge is -2.40. The lowest BCUT2D eigenvalue weighted by Crippen LogP contribution is -2.45. The Morgan fingerprint density at radius 1 is 1.26 bits per heavy atom. The van der Waals surface area contributed by atoms with Crippen LogP contribution >= 0.6 is 0 Å². The third-order valence-electron chi connectivity index (χ3n) is 5.73. The first-order chi connectivity index (χ1) is 10.7. The van der Waals surface area contributed by atoms with Crippen LogP contribution in [-0.4, -0.2) is 45.4 Å². The van der Waals surface area contributed by atoms with Gasteiger partial charge in [-0.05, 0) is 56.6 Å². The fraction of sp³-hybridized carbons (Fsp3) is 0.833. The van der Waals surface area contributed by atoms with Crippen LogP contribution in [-0.2, 0) is 14.0 Å². The highest BCUT2D eigenvalue weighted by Gasteiger charge is 2.42. The van der Waals surface area contributed by atoms with E-state index in [1.54, 1.807) is 0 Å². The van der Waals surface area contributed by atoms with Crippen LogP contribution in [0.1, 0.15) is 46.5 Å². The molecule has 0 saturated carbocycles. The first-order valence-corrected chi connectivity index (χ1v) is 11.8. The van der Waals surface area contributed by atoms with Crippen LogP contribution in [0.2, 0.25) is 18.1 Å². The fourth-order valence-corrected chi connectivity index (χ4v) is 4.36. The maximum absolute atomic E-state index is 12.2. The fourth-order valence-electron chi connectivity index (χ4n) is 3.23. The van der Waals surface area contributed by atoms with Crippen molar-refractivity contribution in [3.05, 3.63) is 11.8 Å². The topological polar surface area (TPSA) is 38.8 Å². The lowest BCUT2D eigenvalue weighted by molar-refractivity contribution is -0.147. The van der Waals surface area contributed by atoms with Crippen molar-refractivity contribution in [3.63, 3.8) is 0 Å². The summed E-state index contributed by atoms with van der Waals surface area (Å²) in [6.07, 6.45) is 6.33. The number of methoxy groups -OCH3 is 1. The molecule has 1 fully saturated rings. The van der Waals surface area contributed by atoms with Crippen molar-refractivity contribution < 1.29 is 14.0 Å². The molecule has 23 heavy (non-hydrogen) atoms. The molecule has 0 amide bonds. The van der Waals surface area contributed by atoms with Crippen LogP contribution < -0.4 is 0 Å². The first kappa shape index (κ1) is 18.5. The molecule has 1 aliphatic heterocycles. The van der Waals surface area contributed by atoms with Gasteiger partial charge in [0.15, 0.2) is 0 Å². The van der Waals surface area contributed by atoms with Crippen LogP contribution in [0.5, 0.6) is 0 Å². The predicted octanol–water partition coefficient (Wildman–Crippen LogP) is 3.94. The Morgan fingerprint density at radius 2 is 1.87 bits per heavy atom. The van der Waals surface area contributed by atoms with Gasteiger partial charge in [0.25, 0.3) is 0 Å². The molecule has 1 heterocycles. The molecule has 0 bridgehead atoms. The maximum Gasteiger partial charge on any atom is 0.310 e. The summed E-state index contributed by atoms with van der Waals surface area (Å²) in [7, 11) is -0.327. The maximum atomic E-state index is 12.2. The van der Waals surface area contributed by atoms with Gasteiger partial charge in [0.05, 0.1) is 18.8 Å². The van der Waals surface area contributed by atoms with Crippen molar-refractivity contribution >= 4 is 14.3 Å². The summed E-state index contributed by atoms with van der Waals surface area (Å²) in [6.45, 7) is 13.5. The van der Waals surface area contributed by atoms with E-state index in [2.05, 4.69) is 44.8 Å². The highest BCUT2D eigenvalue weighted by atomic mass is 28.4. The molecule has 0 radical (unpaired) electrons. The molecule has 0 N–H and O–H groups in total. The third kappa shape index (κ3) is 4.18. The van der Waals surface area contributed by atoms with Crippen LogP contribution in [0.15, 0.2) is 11.8 Å². The lowest BCUT2D eigenvalue weighted by atomic mass is 9.87. The van der Waals surface area contributed by atoms with Gasteiger partial charge in [-0.1, -0.05) is 20.8 Å². The summed E-state index contributed by atoms with van der Waals surface area (Å²) in [4.78, 5) is 14.6. The van der Waals surface area contributed by atoms with Gasteiger partial charge in [-0.2, -0.15) is 0 Å². The molecule has 2 rings (SSSR count). The summed E-state index contributed by atoms with van der Waals surface area (Å²) in [5.74, 6) is 0.961. The van der Waals surface area contributed by atoms with Crippen molar-refractivity contribution in [1.82, 2.24) is 4.90 Å². The molecule has 0 aromatic carbocycles. The SMILES string of the molecule is COC(=O)[C@@H]1CCC(O[Si](C)(C)C(C)(C)C)=C[C@@H]1N1CCCC1. The molecule has 132 valence electrons. The number of carbonyl (C=O) groups is 1. The van der Waals surface area contributed by atoms with E-state index >= 15 is 0 Å². The Morgan fingerprint density at radius 3 is 2.39 bits per heavy atom. The minimum absolute atomic E-state index is 0.0511. The quantitative estimate of drug-likeness (QED) is 0.574. The number of likely N-dealkylation sites (tertiary alicyclic amines) is 1. The van der Waals surface area contributed by atoms with E-state index in [9.17, 15) is 4.79 Å². The van der Waals surface area contributed by atoms with Crippen LogP contribution in [0.3, 0.4) is 0 Å². The molecule has 0 spiro atoms. The average Bonchev–Trinajstić information content (AvgIpc) is 2.99. The molecule has 1 aliphatic carbocycles. The number of esters is 1. The zero-order chi connectivity index (χ0) is 17.3. The van der Waals surface area contributed by atoms with Crippen molar-refractivity contribution in [2.75, 3.05) is 20.2 Å².